The van der Waals surface area contributed by atoms with Gasteiger partial charge in [-0.3, -0.25) is 9.69 Å². The molecule has 6 heteroatoms. The molecule has 2 fully saturated rings. The third-order valence-corrected chi connectivity index (χ3v) is 5.92. The average molecular weight is 337 g/mol. The molecule has 2 aliphatic rings. The SMILES string of the molecule is CC1CC(C)CN(C(=O)C(C)N2CCN(c3nccs3)CC2)C1. The quantitative estimate of drug-likeness (QED) is 0.848. The summed E-state index contributed by atoms with van der Waals surface area (Å²) in [5.41, 5.74) is 0. The van der Waals surface area contributed by atoms with Crippen LogP contribution in [-0.4, -0.2) is 66.0 Å². The molecule has 0 bridgehead atoms. The minimum absolute atomic E-state index is 0.00838. The molecule has 0 N–H and O–H groups in total. The Labute approximate surface area is 143 Å². The summed E-state index contributed by atoms with van der Waals surface area (Å²) < 4.78 is 0. The summed E-state index contributed by atoms with van der Waals surface area (Å²) in [5, 5.41) is 3.12. The lowest BCUT2D eigenvalue weighted by molar-refractivity contribution is -0.139. The highest BCUT2D eigenvalue weighted by Gasteiger charge is 2.32. The van der Waals surface area contributed by atoms with Crippen LogP contribution in [0.4, 0.5) is 5.13 Å². The van der Waals surface area contributed by atoms with Crippen LogP contribution < -0.4 is 4.90 Å². The molecule has 3 heterocycles. The Morgan fingerprint density at radius 2 is 1.87 bits per heavy atom. The zero-order chi connectivity index (χ0) is 16.4. The highest BCUT2D eigenvalue weighted by molar-refractivity contribution is 7.13. The predicted molar refractivity (Wildman–Crippen MR) is 94.9 cm³/mol. The summed E-state index contributed by atoms with van der Waals surface area (Å²) >= 11 is 1.69. The van der Waals surface area contributed by atoms with Gasteiger partial charge in [-0.05, 0) is 25.2 Å². The third-order valence-electron chi connectivity index (χ3n) is 5.09. The van der Waals surface area contributed by atoms with Crippen molar-refractivity contribution in [2.24, 2.45) is 11.8 Å². The van der Waals surface area contributed by atoms with Gasteiger partial charge in [0.15, 0.2) is 5.13 Å². The van der Waals surface area contributed by atoms with Gasteiger partial charge in [-0.25, -0.2) is 4.98 Å². The lowest BCUT2D eigenvalue weighted by Gasteiger charge is -2.41. The van der Waals surface area contributed by atoms with E-state index in [1.165, 1.54) is 6.42 Å². The molecule has 1 aromatic heterocycles. The Morgan fingerprint density at radius 1 is 1.22 bits per heavy atom. The van der Waals surface area contributed by atoms with E-state index in [0.29, 0.717) is 17.7 Å². The van der Waals surface area contributed by atoms with Gasteiger partial charge in [-0.2, -0.15) is 0 Å². The number of piperidine rings is 1. The second kappa shape index (κ2) is 7.18. The molecule has 0 saturated carbocycles. The lowest BCUT2D eigenvalue weighted by Crippen LogP contribution is -2.56. The van der Waals surface area contributed by atoms with Crippen molar-refractivity contribution in [3.05, 3.63) is 11.6 Å². The molecule has 128 valence electrons. The first-order valence-electron chi connectivity index (χ1n) is 8.72. The van der Waals surface area contributed by atoms with Gasteiger partial charge in [-0.1, -0.05) is 13.8 Å². The normalized spacial score (nSPS) is 28.0. The molecule has 3 atom stereocenters. The van der Waals surface area contributed by atoms with Crippen LogP contribution in [0.15, 0.2) is 11.6 Å². The van der Waals surface area contributed by atoms with Crippen LogP contribution in [-0.2, 0) is 4.79 Å². The maximum atomic E-state index is 12.9. The minimum atomic E-state index is -0.00838. The minimum Gasteiger partial charge on any atom is -0.346 e. The maximum Gasteiger partial charge on any atom is 0.239 e. The van der Waals surface area contributed by atoms with Crippen molar-refractivity contribution in [3.8, 4) is 0 Å². The number of hydrogen-bond donors (Lipinski definition) is 0. The molecule has 3 rings (SSSR count). The standard InChI is InChI=1S/C17H28N4OS/c1-13-10-14(2)12-21(11-13)16(22)15(3)19-5-7-20(8-6-19)17-18-4-9-23-17/h4,9,13-15H,5-8,10-12H2,1-3H3. The van der Waals surface area contributed by atoms with E-state index >= 15 is 0 Å². The topological polar surface area (TPSA) is 39.7 Å². The van der Waals surface area contributed by atoms with Crippen molar-refractivity contribution in [2.75, 3.05) is 44.2 Å². The van der Waals surface area contributed by atoms with E-state index in [1.807, 2.05) is 11.6 Å². The fraction of sp³-hybridized carbons (Fsp3) is 0.765. The predicted octanol–water partition coefficient (Wildman–Crippen LogP) is 2.16. The zero-order valence-corrected chi connectivity index (χ0v) is 15.3. The van der Waals surface area contributed by atoms with Crippen LogP contribution in [0.25, 0.3) is 0 Å². The van der Waals surface area contributed by atoms with E-state index in [0.717, 1.165) is 44.4 Å². The van der Waals surface area contributed by atoms with E-state index in [-0.39, 0.29) is 6.04 Å². The number of piperazine rings is 1. The van der Waals surface area contributed by atoms with Gasteiger partial charge in [0.2, 0.25) is 5.91 Å². The molecule has 0 aromatic carbocycles. The number of rotatable bonds is 3. The fourth-order valence-electron chi connectivity index (χ4n) is 3.94. The summed E-state index contributed by atoms with van der Waals surface area (Å²) in [7, 11) is 0. The van der Waals surface area contributed by atoms with E-state index in [9.17, 15) is 4.79 Å². The van der Waals surface area contributed by atoms with E-state index in [1.54, 1.807) is 11.3 Å². The van der Waals surface area contributed by atoms with Crippen molar-refractivity contribution in [2.45, 2.75) is 33.2 Å². The first-order valence-corrected chi connectivity index (χ1v) is 9.60. The van der Waals surface area contributed by atoms with Crippen molar-refractivity contribution in [1.29, 1.82) is 0 Å². The van der Waals surface area contributed by atoms with Crippen molar-refractivity contribution >= 4 is 22.4 Å². The monoisotopic (exact) mass is 336 g/mol. The molecule has 2 aliphatic heterocycles. The van der Waals surface area contributed by atoms with Gasteiger partial charge in [0.1, 0.15) is 0 Å². The Hall–Kier alpha value is -1.14. The Morgan fingerprint density at radius 3 is 2.43 bits per heavy atom. The van der Waals surface area contributed by atoms with Gasteiger partial charge in [0.05, 0.1) is 6.04 Å². The number of anilines is 1. The first-order chi connectivity index (χ1) is 11.0. The number of hydrogen-bond acceptors (Lipinski definition) is 5. The molecule has 1 aromatic rings. The summed E-state index contributed by atoms with van der Waals surface area (Å²) in [6, 6.07) is -0.00838. The Balaban J connectivity index is 1.54. The Kier molecular flexibility index (Phi) is 5.21. The highest BCUT2D eigenvalue weighted by Crippen LogP contribution is 2.23. The van der Waals surface area contributed by atoms with Crippen molar-refractivity contribution < 1.29 is 4.79 Å². The summed E-state index contributed by atoms with van der Waals surface area (Å²) in [4.78, 5) is 24.0. The molecule has 0 aliphatic carbocycles. The molecule has 3 unspecified atom stereocenters. The fourth-order valence-corrected chi connectivity index (χ4v) is 4.63. The van der Waals surface area contributed by atoms with Crippen molar-refractivity contribution in [1.82, 2.24) is 14.8 Å². The van der Waals surface area contributed by atoms with Crippen LogP contribution in [0.3, 0.4) is 0 Å². The molecule has 1 amide bonds. The smallest absolute Gasteiger partial charge is 0.239 e. The average Bonchev–Trinajstić information content (AvgIpc) is 3.07. The molecular weight excluding hydrogens is 308 g/mol. The number of nitrogens with zero attached hydrogens (tertiary/aromatic N) is 4. The van der Waals surface area contributed by atoms with Gasteiger partial charge < -0.3 is 9.80 Å². The number of aromatic nitrogens is 1. The zero-order valence-electron chi connectivity index (χ0n) is 14.4. The summed E-state index contributed by atoms with van der Waals surface area (Å²) in [6.07, 6.45) is 3.10. The molecule has 5 nitrogen and oxygen atoms in total. The van der Waals surface area contributed by atoms with E-state index in [2.05, 4.69) is 40.5 Å². The van der Waals surface area contributed by atoms with Gasteiger partial charge in [0.25, 0.3) is 0 Å². The van der Waals surface area contributed by atoms with Gasteiger partial charge in [-0.15, -0.1) is 11.3 Å². The second-order valence-electron chi connectivity index (χ2n) is 7.20. The summed E-state index contributed by atoms with van der Waals surface area (Å²) in [6.45, 7) is 12.2. The largest absolute Gasteiger partial charge is 0.346 e. The molecule has 0 spiro atoms. The molecule has 23 heavy (non-hydrogen) atoms. The lowest BCUT2D eigenvalue weighted by atomic mass is 9.91. The van der Waals surface area contributed by atoms with Crippen LogP contribution in [0.1, 0.15) is 27.2 Å². The molecule has 2 saturated heterocycles. The Bertz CT molecular complexity index is 503. The number of carbonyl (C=O) groups excluding carboxylic acids is 1. The van der Waals surface area contributed by atoms with Gasteiger partial charge >= 0.3 is 0 Å². The van der Waals surface area contributed by atoms with E-state index < -0.39 is 0 Å². The number of carbonyl (C=O) groups is 1. The summed E-state index contributed by atoms with van der Waals surface area (Å²) in [5.74, 6) is 1.55. The molecule has 0 radical (unpaired) electrons. The van der Waals surface area contributed by atoms with Gasteiger partial charge in [0, 0.05) is 50.8 Å². The maximum absolute atomic E-state index is 12.9. The second-order valence-corrected chi connectivity index (χ2v) is 8.08. The van der Waals surface area contributed by atoms with Crippen LogP contribution in [0, 0.1) is 11.8 Å². The van der Waals surface area contributed by atoms with Crippen LogP contribution in [0.2, 0.25) is 0 Å². The number of thiazole rings is 1. The van der Waals surface area contributed by atoms with Crippen molar-refractivity contribution in [3.63, 3.8) is 0 Å². The first kappa shape index (κ1) is 16.7. The number of likely N-dealkylation sites (tertiary alicyclic amines) is 1. The third kappa shape index (κ3) is 3.86. The van der Waals surface area contributed by atoms with Crippen LogP contribution >= 0.6 is 11.3 Å². The number of amides is 1. The highest BCUT2D eigenvalue weighted by atomic mass is 32.1. The van der Waals surface area contributed by atoms with Crippen LogP contribution in [0.5, 0.6) is 0 Å². The van der Waals surface area contributed by atoms with E-state index in [4.69, 9.17) is 0 Å². The molecular formula is C17H28N4OS.